The van der Waals surface area contributed by atoms with Gasteiger partial charge in [-0.1, -0.05) is 184 Å². The van der Waals surface area contributed by atoms with Gasteiger partial charge in [-0.05, 0) is 57.8 Å². The average molecular weight is 823 g/mol. The minimum Gasteiger partial charge on any atom is -0.756 e. The summed E-state index contributed by atoms with van der Waals surface area (Å²) in [6.07, 6.45) is 50.0. The van der Waals surface area contributed by atoms with E-state index in [0.29, 0.717) is 17.4 Å². The van der Waals surface area contributed by atoms with Crippen molar-refractivity contribution in [1.82, 2.24) is 5.32 Å². The van der Waals surface area contributed by atoms with E-state index in [-0.39, 0.29) is 19.1 Å². The predicted molar refractivity (Wildman–Crippen MR) is 242 cm³/mol. The fourth-order valence-electron chi connectivity index (χ4n) is 6.51. The van der Waals surface area contributed by atoms with Gasteiger partial charge >= 0.3 is 0 Å². The molecule has 0 radical (unpaired) electrons. The number of likely N-dealkylation sites (N-methyl/N-ethyl adjacent to an activating group) is 1. The summed E-state index contributed by atoms with van der Waals surface area (Å²) >= 11 is 0. The van der Waals surface area contributed by atoms with Gasteiger partial charge in [0.15, 0.2) is 0 Å². The Morgan fingerprint density at radius 3 is 1.51 bits per heavy atom. The van der Waals surface area contributed by atoms with Gasteiger partial charge in [0.05, 0.1) is 39.9 Å². The number of rotatable bonds is 42. The Kier molecular flexibility index (Phi) is 38.8. The van der Waals surface area contributed by atoms with Crippen molar-refractivity contribution in [1.29, 1.82) is 0 Å². The Hall–Kier alpha value is -1.54. The van der Waals surface area contributed by atoms with E-state index in [0.717, 1.165) is 64.2 Å². The van der Waals surface area contributed by atoms with Crippen LogP contribution in [0.15, 0.2) is 48.6 Å². The largest absolute Gasteiger partial charge is 0.756 e. The lowest BCUT2D eigenvalue weighted by Crippen LogP contribution is -2.45. The summed E-state index contributed by atoms with van der Waals surface area (Å²) < 4.78 is 23.2. The number of nitrogens with one attached hydrogen (secondary N) is 1. The lowest BCUT2D eigenvalue weighted by atomic mass is 10.0. The number of hydrogen-bond acceptors (Lipinski definition) is 6. The average Bonchev–Trinajstić information content (AvgIpc) is 3.16. The topological polar surface area (TPSA) is 108 Å². The second kappa shape index (κ2) is 39.9. The van der Waals surface area contributed by atoms with E-state index in [9.17, 15) is 19.4 Å². The summed E-state index contributed by atoms with van der Waals surface area (Å²) in [7, 11) is 1.25. The van der Waals surface area contributed by atoms with Crippen LogP contribution in [0.25, 0.3) is 0 Å². The maximum atomic E-state index is 12.9. The molecule has 0 saturated carbocycles. The molecule has 0 aliphatic rings. The Labute approximate surface area is 352 Å². The predicted octanol–water partition coefficient (Wildman–Crippen LogP) is 12.6. The Morgan fingerprint density at radius 2 is 1.02 bits per heavy atom. The zero-order valence-electron chi connectivity index (χ0n) is 37.8. The van der Waals surface area contributed by atoms with Gasteiger partial charge < -0.3 is 28.8 Å². The lowest BCUT2D eigenvalue weighted by molar-refractivity contribution is -0.870. The third kappa shape index (κ3) is 42.4. The molecule has 0 aromatic carbocycles. The highest BCUT2D eigenvalue weighted by molar-refractivity contribution is 7.45. The number of phosphoric ester groups is 1. The number of nitrogens with zero attached hydrogens (tertiary/aromatic N) is 1. The smallest absolute Gasteiger partial charge is 0.268 e. The van der Waals surface area contributed by atoms with E-state index >= 15 is 0 Å². The summed E-state index contributed by atoms with van der Waals surface area (Å²) in [6, 6.07) is -0.893. The second-order valence-corrected chi connectivity index (χ2v) is 18.5. The van der Waals surface area contributed by atoms with Crippen LogP contribution in [-0.2, 0) is 18.4 Å². The quantitative estimate of drug-likeness (QED) is 0.0275. The number of unbranched alkanes of at least 4 members (excludes halogenated alkanes) is 23. The maximum absolute atomic E-state index is 12.9. The van der Waals surface area contributed by atoms with Crippen molar-refractivity contribution in [3.63, 3.8) is 0 Å². The molecule has 334 valence electrons. The molecule has 0 aliphatic carbocycles. The molecule has 0 rings (SSSR count). The Bertz CT molecular complexity index is 1070. The normalized spacial score (nSPS) is 14.7. The first-order valence-electron chi connectivity index (χ1n) is 23.5. The van der Waals surface area contributed by atoms with Gasteiger partial charge in [-0.15, -0.1) is 0 Å². The van der Waals surface area contributed by atoms with Crippen molar-refractivity contribution in [2.75, 3.05) is 40.9 Å². The highest BCUT2D eigenvalue weighted by atomic mass is 31.2. The first-order chi connectivity index (χ1) is 27.5. The fourth-order valence-corrected chi connectivity index (χ4v) is 7.23. The molecule has 1 amide bonds. The number of hydrogen-bond donors (Lipinski definition) is 2. The van der Waals surface area contributed by atoms with Crippen LogP contribution in [0.1, 0.15) is 200 Å². The molecule has 8 nitrogen and oxygen atoms in total. The molecular weight excluding hydrogens is 732 g/mol. The summed E-state index contributed by atoms with van der Waals surface area (Å²) in [6.45, 7) is 4.61. The van der Waals surface area contributed by atoms with Crippen molar-refractivity contribution in [3.05, 3.63) is 48.6 Å². The number of amides is 1. The number of aliphatic hydroxyl groups excluding tert-OH is 1. The molecule has 0 bridgehead atoms. The monoisotopic (exact) mass is 823 g/mol. The third-order valence-corrected chi connectivity index (χ3v) is 11.2. The zero-order chi connectivity index (χ0) is 42.1. The van der Waals surface area contributed by atoms with Crippen LogP contribution in [0.2, 0.25) is 0 Å². The number of phosphoric acid groups is 1. The van der Waals surface area contributed by atoms with Crippen LogP contribution >= 0.6 is 7.82 Å². The molecule has 3 atom stereocenters. The summed E-state index contributed by atoms with van der Waals surface area (Å²) in [4.78, 5) is 25.3. The van der Waals surface area contributed by atoms with Gasteiger partial charge in [-0.25, -0.2) is 0 Å². The summed E-state index contributed by atoms with van der Waals surface area (Å²) in [5, 5.41) is 13.8. The van der Waals surface area contributed by atoms with Crippen LogP contribution < -0.4 is 10.2 Å². The van der Waals surface area contributed by atoms with E-state index in [1.165, 1.54) is 116 Å². The van der Waals surface area contributed by atoms with Crippen LogP contribution in [0, 0.1) is 0 Å². The van der Waals surface area contributed by atoms with Crippen molar-refractivity contribution < 1.29 is 32.9 Å². The molecule has 57 heavy (non-hydrogen) atoms. The molecule has 0 heterocycles. The SMILES string of the molecule is CCCCC/C=C\C/C=C\C/C=C\CCCCCCCCC(=O)NC(COP(=O)([O-])OCC[N+](C)(C)C)C(O)/C=C/CCCCCCCCCCCCCCCC. The summed E-state index contributed by atoms with van der Waals surface area (Å²) in [5.41, 5.74) is 0. The minimum absolute atomic E-state index is 0.00513. The number of quaternary nitrogens is 1. The summed E-state index contributed by atoms with van der Waals surface area (Å²) in [5.74, 6) is -0.211. The zero-order valence-corrected chi connectivity index (χ0v) is 38.7. The molecular formula is C48H91N2O6P. The molecule has 0 aromatic heterocycles. The first kappa shape index (κ1) is 55.5. The number of carbonyl (C=O) groups excluding carboxylic acids is 1. The van der Waals surface area contributed by atoms with Gasteiger partial charge in [0.1, 0.15) is 13.2 Å². The second-order valence-electron chi connectivity index (χ2n) is 17.1. The number of allylic oxidation sites excluding steroid dienone is 7. The molecule has 0 saturated heterocycles. The van der Waals surface area contributed by atoms with Crippen molar-refractivity contribution in [2.24, 2.45) is 0 Å². The van der Waals surface area contributed by atoms with Crippen LogP contribution in [0.4, 0.5) is 0 Å². The minimum atomic E-state index is -4.59. The van der Waals surface area contributed by atoms with Gasteiger partial charge in [0.25, 0.3) is 7.82 Å². The van der Waals surface area contributed by atoms with Crippen LogP contribution in [0.3, 0.4) is 0 Å². The highest BCUT2D eigenvalue weighted by Gasteiger charge is 2.23. The third-order valence-electron chi connectivity index (χ3n) is 10.3. The molecule has 0 aliphatic heterocycles. The molecule has 2 N–H and O–H groups in total. The Balaban J connectivity index is 4.42. The highest BCUT2D eigenvalue weighted by Crippen LogP contribution is 2.38. The maximum Gasteiger partial charge on any atom is 0.268 e. The molecule has 0 fully saturated rings. The number of carbonyl (C=O) groups is 1. The van der Waals surface area contributed by atoms with Gasteiger partial charge in [-0.2, -0.15) is 0 Å². The van der Waals surface area contributed by atoms with Crippen molar-refractivity contribution in [2.45, 2.75) is 212 Å². The van der Waals surface area contributed by atoms with E-state index < -0.39 is 20.0 Å². The van der Waals surface area contributed by atoms with Crippen LogP contribution in [-0.4, -0.2) is 68.5 Å². The van der Waals surface area contributed by atoms with Gasteiger partial charge in [0, 0.05) is 6.42 Å². The van der Waals surface area contributed by atoms with Crippen molar-refractivity contribution in [3.8, 4) is 0 Å². The molecule has 0 spiro atoms. The van der Waals surface area contributed by atoms with Gasteiger partial charge in [-0.3, -0.25) is 9.36 Å². The van der Waals surface area contributed by atoms with E-state index in [2.05, 4.69) is 55.6 Å². The molecule has 0 aromatic rings. The lowest BCUT2D eigenvalue weighted by Gasteiger charge is -2.29. The van der Waals surface area contributed by atoms with Crippen LogP contribution in [0.5, 0.6) is 0 Å². The Morgan fingerprint density at radius 1 is 0.614 bits per heavy atom. The first-order valence-corrected chi connectivity index (χ1v) is 25.0. The molecule has 9 heteroatoms. The van der Waals surface area contributed by atoms with E-state index in [1.807, 2.05) is 27.2 Å². The van der Waals surface area contributed by atoms with E-state index in [4.69, 9.17) is 9.05 Å². The van der Waals surface area contributed by atoms with Crippen molar-refractivity contribution >= 4 is 13.7 Å². The van der Waals surface area contributed by atoms with E-state index in [1.54, 1.807) is 6.08 Å². The molecule has 3 unspecified atom stereocenters. The fraction of sp³-hybridized carbons (Fsp3) is 0.812. The standard InChI is InChI=1S/C48H91N2O6P/c1-6-8-10-12-14-16-18-20-22-24-25-26-28-30-32-34-36-38-40-42-48(52)49-46(45-56-57(53,54)55-44-43-50(3,4)5)47(51)41-39-37-35-33-31-29-27-23-21-19-17-15-13-11-9-7-2/h14,16,20,22,25-26,39,41,46-47,51H,6-13,15,17-19,21,23-24,27-38,40,42-45H2,1-5H3,(H-,49,52,53,54)/b16-14-,22-20-,26-25-,41-39+. The van der Waals surface area contributed by atoms with Gasteiger partial charge in [0.2, 0.25) is 5.91 Å². The number of aliphatic hydroxyl groups is 1.